The minimum absolute atomic E-state index is 0.372. The van der Waals surface area contributed by atoms with Gasteiger partial charge in [0.05, 0.1) is 65.4 Å². The second-order valence-corrected chi connectivity index (χ2v) is 24.9. The van der Waals surface area contributed by atoms with E-state index in [1.54, 1.807) is 0 Å². The second-order valence-electron chi connectivity index (χ2n) is 24.9. The molecule has 0 aliphatic carbocycles. The Bertz CT molecular complexity index is 1260. The molecule has 60 heavy (non-hydrogen) atoms. The SMILES string of the molecule is OCCC[N+]12CC[N+](CCC[N+]34CC[N+](CCC[N+]56CC[N+](CCC[N+]78CC[N+](CCC[N+]9%10CC[N+](CCCO)(CC9)CC%10)(CC7)CC8)(CC5)CC6)(CC3)CC4)(CC1)CC2. The van der Waals surface area contributed by atoms with E-state index in [1.165, 1.54) is 332 Å². The Labute approximate surface area is 367 Å². The van der Waals surface area contributed by atoms with E-state index in [0.29, 0.717) is 13.2 Å². The molecule has 12 nitrogen and oxygen atoms in total. The van der Waals surface area contributed by atoms with Crippen LogP contribution in [0.3, 0.4) is 0 Å². The fourth-order valence-electron chi connectivity index (χ4n) is 16.9. The van der Waals surface area contributed by atoms with Crippen LogP contribution in [0.15, 0.2) is 0 Å². The van der Waals surface area contributed by atoms with Gasteiger partial charge in [-0.3, -0.25) is 0 Å². The average molecular weight is 847 g/mol. The zero-order valence-corrected chi connectivity index (χ0v) is 39.3. The Morgan fingerprint density at radius 2 is 0.267 bits per heavy atom. The smallest absolute Gasteiger partial charge is 0.129 e. The third-order valence-corrected chi connectivity index (χ3v) is 22.4. The summed E-state index contributed by atoms with van der Waals surface area (Å²) >= 11 is 0. The normalized spacial score (nSPS) is 47.7. The van der Waals surface area contributed by atoms with Crippen molar-refractivity contribution >= 4 is 0 Å². The maximum atomic E-state index is 9.40. The molecular formula is C48H98N10O2+10. The lowest BCUT2D eigenvalue weighted by Crippen LogP contribution is -2.77. The first-order chi connectivity index (χ1) is 29.1. The quantitative estimate of drug-likeness (QED) is 0.146. The molecule has 15 saturated heterocycles. The van der Waals surface area contributed by atoms with Crippen molar-refractivity contribution in [3.63, 3.8) is 0 Å². The largest absolute Gasteiger partial charge is 0.396 e. The van der Waals surface area contributed by atoms with E-state index in [1.807, 2.05) is 0 Å². The molecule has 15 aliphatic rings. The van der Waals surface area contributed by atoms with Crippen molar-refractivity contribution in [3.8, 4) is 0 Å². The molecule has 15 heterocycles. The number of rotatable bonds is 22. The van der Waals surface area contributed by atoms with Gasteiger partial charge in [0, 0.05) is 51.7 Å². The van der Waals surface area contributed by atoms with E-state index in [4.69, 9.17) is 0 Å². The summed E-state index contributed by atoms with van der Waals surface area (Å²) < 4.78 is 14.3. The molecule has 12 heteroatoms. The molecule has 0 aromatic carbocycles. The molecule has 0 aromatic rings. The number of hydrogen-bond donors (Lipinski definition) is 2. The maximum Gasteiger partial charge on any atom is 0.129 e. The second kappa shape index (κ2) is 16.7. The number of aliphatic hydroxyl groups is 2. The van der Waals surface area contributed by atoms with Crippen molar-refractivity contribution < 1.29 is 55.0 Å². The first kappa shape index (κ1) is 43.4. The number of quaternary nitrogens is 10. The number of fused-ring (bicyclic) bond motifs is 15. The van der Waals surface area contributed by atoms with Crippen LogP contribution in [-0.4, -0.2) is 330 Å². The summed E-state index contributed by atoms with van der Waals surface area (Å²) in [6.07, 6.45) is 7.85. The molecular weight excluding hydrogens is 749 g/mol. The van der Waals surface area contributed by atoms with Crippen LogP contribution < -0.4 is 0 Å². The summed E-state index contributed by atoms with van der Waals surface area (Å²) in [4.78, 5) is 0. The van der Waals surface area contributed by atoms with Crippen molar-refractivity contribution in [1.82, 2.24) is 0 Å². The van der Waals surface area contributed by atoms with Gasteiger partial charge in [0.15, 0.2) is 0 Å². The molecule has 15 aliphatic heterocycles. The van der Waals surface area contributed by atoms with Gasteiger partial charge in [0.1, 0.15) is 196 Å². The third kappa shape index (κ3) is 8.56. The minimum Gasteiger partial charge on any atom is -0.396 e. The molecule has 15 fully saturated rings. The van der Waals surface area contributed by atoms with E-state index >= 15 is 0 Å². The van der Waals surface area contributed by atoms with Crippen molar-refractivity contribution in [3.05, 3.63) is 0 Å². The van der Waals surface area contributed by atoms with E-state index in [-0.39, 0.29) is 0 Å². The van der Waals surface area contributed by atoms with Crippen molar-refractivity contribution in [2.75, 3.05) is 275 Å². The van der Waals surface area contributed by atoms with Crippen molar-refractivity contribution in [2.45, 2.75) is 38.5 Å². The van der Waals surface area contributed by atoms with Gasteiger partial charge in [-0.05, 0) is 0 Å². The molecule has 15 rings (SSSR count). The molecule has 2 N–H and O–H groups in total. The Hall–Kier alpha value is -0.480. The zero-order chi connectivity index (χ0) is 40.9. The highest BCUT2D eigenvalue weighted by Gasteiger charge is 2.55. The molecule has 0 aromatic heterocycles. The third-order valence-electron chi connectivity index (χ3n) is 22.4. The number of hydrogen-bond acceptors (Lipinski definition) is 2. The predicted molar refractivity (Wildman–Crippen MR) is 239 cm³/mol. The van der Waals surface area contributed by atoms with Gasteiger partial charge in [-0.2, -0.15) is 0 Å². The average Bonchev–Trinajstić information content (AvgIpc) is 3.31. The van der Waals surface area contributed by atoms with Crippen LogP contribution in [0.4, 0.5) is 0 Å². The Morgan fingerprint density at radius 1 is 0.167 bits per heavy atom. The van der Waals surface area contributed by atoms with Gasteiger partial charge in [0.2, 0.25) is 0 Å². The van der Waals surface area contributed by atoms with Crippen LogP contribution in [-0.2, 0) is 0 Å². The molecule has 342 valence electrons. The van der Waals surface area contributed by atoms with Crippen LogP contribution in [0.2, 0.25) is 0 Å². The van der Waals surface area contributed by atoms with Gasteiger partial charge >= 0.3 is 0 Å². The predicted octanol–water partition coefficient (Wildman–Crippen LogP) is -0.384. The molecule has 0 saturated carbocycles. The molecule has 0 radical (unpaired) electrons. The van der Waals surface area contributed by atoms with Crippen molar-refractivity contribution in [2.24, 2.45) is 0 Å². The van der Waals surface area contributed by atoms with E-state index in [0.717, 1.165) is 12.8 Å². The summed E-state index contributed by atoms with van der Waals surface area (Å²) in [7, 11) is 0. The first-order valence-electron chi connectivity index (χ1n) is 26.8. The van der Waals surface area contributed by atoms with Gasteiger partial charge in [-0.1, -0.05) is 0 Å². The topological polar surface area (TPSA) is 40.5 Å². The minimum atomic E-state index is 0.372. The standard InChI is InChI=1S/C48H98N10O2/c59-47-5-15-57-41-35-55(36-42-57,37-43-57)13-3-11-53-29-23-51(24-30-53,25-31-53)9-1-7-49-17-20-50(21-18-49,22-19-49)8-2-10-52-26-32-54(33-27-52,34-28-52)12-4-14-56-38-44-58(45-39-56,46-40-56)16-6-48-60/h59-60H,1-48H2/q+10. The van der Waals surface area contributed by atoms with E-state index in [9.17, 15) is 10.2 Å². The Kier molecular flexibility index (Phi) is 12.1. The summed E-state index contributed by atoms with van der Waals surface area (Å²) in [5.41, 5.74) is 0. The highest BCUT2D eigenvalue weighted by Crippen LogP contribution is 2.34. The lowest BCUT2D eigenvalue weighted by Gasteiger charge is -2.58. The Morgan fingerprint density at radius 3 is 0.367 bits per heavy atom. The summed E-state index contributed by atoms with van der Waals surface area (Å²) in [6, 6.07) is 0. The zero-order valence-electron chi connectivity index (χ0n) is 39.3. The fraction of sp³-hybridized carbons (Fsp3) is 1.00. The van der Waals surface area contributed by atoms with Gasteiger partial charge in [-0.25, -0.2) is 0 Å². The van der Waals surface area contributed by atoms with Crippen LogP contribution in [0.25, 0.3) is 0 Å². The number of nitrogens with zero attached hydrogens (tertiary/aromatic N) is 10. The monoisotopic (exact) mass is 847 g/mol. The molecule has 0 unspecified atom stereocenters. The molecule has 0 amide bonds. The highest BCUT2D eigenvalue weighted by atomic mass is 16.3. The summed E-state index contributed by atoms with van der Waals surface area (Å²) in [6.45, 7) is 58.0. The van der Waals surface area contributed by atoms with Crippen LogP contribution in [0, 0.1) is 0 Å². The number of aliphatic hydroxyl groups excluding tert-OH is 2. The van der Waals surface area contributed by atoms with E-state index < -0.39 is 0 Å². The molecule has 0 spiro atoms. The van der Waals surface area contributed by atoms with Gasteiger partial charge in [-0.15, -0.1) is 0 Å². The van der Waals surface area contributed by atoms with E-state index in [2.05, 4.69) is 0 Å². The molecule has 0 atom stereocenters. The van der Waals surface area contributed by atoms with Crippen molar-refractivity contribution in [1.29, 1.82) is 0 Å². The number of piperazine rings is 15. The van der Waals surface area contributed by atoms with Crippen LogP contribution in [0.5, 0.6) is 0 Å². The first-order valence-corrected chi connectivity index (χ1v) is 26.8. The lowest BCUT2D eigenvalue weighted by atomic mass is 10.0. The maximum absolute atomic E-state index is 9.40. The molecule has 10 bridgehead atoms. The lowest BCUT2D eigenvalue weighted by molar-refractivity contribution is -1.09. The van der Waals surface area contributed by atoms with Gasteiger partial charge in [0.25, 0.3) is 0 Å². The summed E-state index contributed by atoms with van der Waals surface area (Å²) in [5.74, 6) is 0. The van der Waals surface area contributed by atoms with Crippen LogP contribution in [0.1, 0.15) is 38.5 Å². The fourth-order valence-corrected chi connectivity index (χ4v) is 16.9. The highest BCUT2D eigenvalue weighted by molar-refractivity contribution is 4.70. The Balaban J connectivity index is 0.597. The van der Waals surface area contributed by atoms with Crippen LogP contribution >= 0.6 is 0 Å². The summed E-state index contributed by atoms with van der Waals surface area (Å²) in [5, 5.41) is 18.8. The van der Waals surface area contributed by atoms with Gasteiger partial charge < -0.3 is 55.0 Å².